The van der Waals surface area contributed by atoms with Crippen LogP contribution in [-0.4, -0.2) is 27.9 Å². The number of nitrogens with one attached hydrogen (secondary N) is 2. The molecule has 6 nitrogen and oxygen atoms in total. The highest BCUT2D eigenvalue weighted by Gasteiger charge is 2.14. The molecule has 0 saturated heterocycles. The minimum absolute atomic E-state index is 0.132. The molecule has 0 spiro atoms. The highest BCUT2D eigenvalue weighted by Crippen LogP contribution is 2.19. The summed E-state index contributed by atoms with van der Waals surface area (Å²) in [5.41, 5.74) is 1.26. The van der Waals surface area contributed by atoms with Gasteiger partial charge in [0.1, 0.15) is 11.6 Å². The van der Waals surface area contributed by atoms with E-state index in [0.29, 0.717) is 19.5 Å². The van der Waals surface area contributed by atoms with E-state index in [9.17, 15) is 14.0 Å². The number of hydrogen-bond acceptors (Lipinski definition) is 3. The molecule has 2 aromatic carbocycles. The van der Waals surface area contributed by atoms with Crippen LogP contribution in [-0.2, 0) is 16.1 Å². The van der Waals surface area contributed by atoms with Crippen LogP contribution in [0.2, 0.25) is 5.02 Å². The maximum Gasteiger partial charge on any atom is 0.313 e. The van der Waals surface area contributed by atoms with Crippen LogP contribution in [0.5, 0.6) is 0 Å². The van der Waals surface area contributed by atoms with Gasteiger partial charge in [0.15, 0.2) is 0 Å². The second kappa shape index (κ2) is 9.14. The third-order valence-electron chi connectivity index (χ3n) is 3.99. The number of halogens is 2. The molecule has 28 heavy (non-hydrogen) atoms. The first-order valence-corrected chi connectivity index (χ1v) is 9.03. The lowest BCUT2D eigenvalue weighted by Crippen LogP contribution is -2.36. The van der Waals surface area contributed by atoms with Gasteiger partial charge < -0.3 is 15.2 Å². The van der Waals surface area contributed by atoms with Crippen LogP contribution in [0.1, 0.15) is 6.42 Å². The van der Waals surface area contributed by atoms with E-state index in [1.165, 1.54) is 12.1 Å². The van der Waals surface area contributed by atoms with Crippen LogP contribution in [0.4, 0.5) is 10.1 Å². The minimum atomic E-state index is -0.838. The third kappa shape index (κ3) is 4.95. The number of anilines is 1. The van der Waals surface area contributed by atoms with Gasteiger partial charge in [-0.1, -0.05) is 41.9 Å². The highest BCUT2D eigenvalue weighted by atomic mass is 35.5. The Hall–Kier alpha value is -3.19. The zero-order valence-electron chi connectivity index (χ0n) is 14.9. The summed E-state index contributed by atoms with van der Waals surface area (Å²) >= 11 is 5.65. The van der Waals surface area contributed by atoms with Crippen LogP contribution in [0.25, 0.3) is 11.4 Å². The van der Waals surface area contributed by atoms with Gasteiger partial charge in [0.2, 0.25) is 0 Å². The minimum Gasteiger partial charge on any atom is -0.348 e. The molecular weight excluding hydrogens is 383 g/mol. The SMILES string of the molecule is O=C(NCCCn1ccnc1-c1ccccc1)C(=O)Nc1ccc(F)c(Cl)c1. The average molecular weight is 401 g/mol. The molecule has 3 rings (SSSR count). The summed E-state index contributed by atoms with van der Waals surface area (Å²) in [5.74, 6) is -1.36. The molecule has 2 amide bonds. The Morgan fingerprint density at radius 3 is 2.64 bits per heavy atom. The summed E-state index contributed by atoms with van der Waals surface area (Å²) in [6.07, 6.45) is 4.22. The summed E-state index contributed by atoms with van der Waals surface area (Å²) in [6, 6.07) is 13.5. The fourth-order valence-electron chi connectivity index (χ4n) is 2.63. The zero-order chi connectivity index (χ0) is 19.9. The van der Waals surface area contributed by atoms with Crippen molar-refractivity contribution in [3.63, 3.8) is 0 Å². The van der Waals surface area contributed by atoms with Gasteiger partial charge in [-0.25, -0.2) is 9.37 Å². The number of amides is 2. The standard InChI is InChI=1S/C20H18ClFN4O2/c21-16-13-15(7-8-17(16)22)25-20(28)19(27)24-9-4-11-26-12-10-23-18(26)14-5-2-1-3-6-14/h1-3,5-8,10,12-13H,4,9,11H2,(H,24,27)(H,25,28). The molecule has 144 valence electrons. The molecule has 8 heteroatoms. The number of aryl methyl sites for hydroxylation is 1. The Morgan fingerprint density at radius 2 is 1.89 bits per heavy atom. The number of aromatic nitrogens is 2. The molecule has 0 aliphatic carbocycles. The number of carbonyl (C=O) groups is 2. The van der Waals surface area contributed by atoms with Crippen LogP contribution in [0.15, 0.2) is 60.9 Å². The fraction of sp³-hybridized carbons (Fsp3) is 0.150. The van der Waals surface area contributed by atoms with Crippen LogP contribution in [0.3, 0.4) is 0 Å². The van der Waals surface area contributed by atoms with E-state index in [2.05, 4.69) is 15.6 Å². The molecule has 0 saturated carbocycles. The van der Waals surface area contributed by atoms with Crippen LogP contribution < -0.4 is 10.6 Å². The highest BCUT2D eigenvalue weighted by molar-refractivity contribution is 6.39. The quantitative estimate of drug-likeness (QED) is 0.491. The van der Waals surface area contributed by atoms with E-state index in [1.54, 1.807) is 6.20 Å². The van der Waals surface area contributed by atoms with Gasteiger partial charge in [-0.15, -0.1) is 0 Å². The predicted octanol–water partition coefficient (Wildman–Crippen LogP) is 3.49. The van der Waals surface area contributed by atoms with Gasteiger partial charge in [0.05, 0.1) is 5.02 Å². The topological polar surface area (TPSA) is 76.0 Å². The van der Waals surface area contributed by atoms with Crippen molar-refractivity contribution in [2.45, 2.75) is 13.0 Å². The molecule has 0 aliphatic rings. The molecule has 0 bridgehead atoms. The lowest BCUT2D eigenvalue weighted by molar-refractivity contribution is -0.136. The van der Waals surface area contributed by atoms with Gasteiger partial charge in [-0.3, -0.25) is 9.59 Å². The Bertz CT molecular complexity index is 975. The van der Waals surface area contributed by atoms with Gasteiger partial charge >= 0.3 is 11.8 Å². The summed E-state index contributed by atoms with van der Waals surface area (Å²) in [4.78, 5) is 28.2. The first-order valence-electron chi connectivity index (χ1n) is 8.65. The van der Waals surface area contributed by atoms with Crippen molar-refractivity contribution in [3.05, 3.63) is 71.8 Å². The van der Waals surface area contributed by atoms with Crippen molar-refractivity contribution in [2.24, 2.45) is 0 Å². The maximum atomic E-state index is 13.1. The largest absolute Gasteiger partial charge is 0.348 e. The second-order valence-electron chi connectivity index (χ2n) is 6.00. The molecule has 0 radical (unpaired) electrons. The van der Waals surface area contributed by atoms with Crippen LogP contribution >= 0.6 is 11.6 Å². The normalized spacial score (nSPS) is 10.5. The van der Waals surface area contributed by atoms with Crippen molar-refractivity contribution in [1.29, 1.82) is 0 Å². The summed E-state index contributed by atoms with van der Waals surface area (Å²) in [5, 5.41) is 4.80. The molecule has 1 aromatic heterocycles. The van der Waals surface area contributed by atoms with E-state index in [-0.39, 0.29) is 10.7 Å². The Kier molecular flexibility index (Phi) is 6.39. The maximum absolute atomic E-state index is 13.1. The second-order valence-corrected chi connectivity index (χ2v) is 6.41. The molecular formula is C20H18ClFN4O2. The Morgan fingerprint density at radius 1 is 1.11 bits per heavy atom. The number of benzene rings is 2. The molecule has 0 aliphatic heterocycles. The molecule has 0 unspecified atom stereocenters. The fourth-order valence-corrected chi connectivity index (χ4v) is 2.81. The van der Waals surface area contributed by atoms with E-state index < -0.39 is 17.6 Å². The number of rotatable bonds is 6. The molecule has 2 N–H and O–H groups in total. The molecule has 0 fully saturated rings. The van der Waals surface area contributed by atoms with Crippen LogP contribution in [0, 0.1) is 5.82 Å². The summed E-state index contributed by atoms with van der Waals surface area (Å²) in [7, 11) is 0. The number of imidazole rings is 1. The number of nitrogens with zero attached hydrogens (tertiary/aromatic N) is 2. The molecule has 0 atom stereocenters. The van der Waals surface area contributed by atoms with Crippen molar-refractivity contribution in [1.82, 2.24) is 14.9 Å². The first-order chi connectivity index (χ1) is 13.5. The van der Waals surface area contributed by atoms with Crippen molar-refractivity contribution >= 4 is 29.1 Å². The van der Waals surface area contributed by atoms with E-state index >= 15 is 0 Å². The van der Waals surface area contributed by atoms with E-state index in [1.807, 2.05) is 41.1 Å². The zero-order valence-corrected chi connectivity index (χ0v) is 15.6. The third-order valence-corrected chi connectivity index (χ3v) is 4.28. The smallest absolute Gasteiger partial charge is 0.313 e. The van der Waals surface area contributed by atoms with Crippen molar-refractivity contribution in [2.75, 3.05) is 11.9 Å². The molecule has 3 aromatic rings. The van der Waals surface area contributed by atoms with Gasteiger partial charge in [-0.2, -0.15) is 0 Å². The number of hydrogen-bond donors (Lipinski definition) is 2. The summed E-state index contributed by atoms with van der Waals surface area (Å²) < 4.78 is 15.1. The Labute approximate surface area is 166 Å². The van der Waals surface area contributed by atoms with Gasteiger partial charge in [0.25, 0.3) is 0 Å². The van der Waals surface area contributed by atoms with Gasteiger partial charge in [0, 0.05) is 36.7 Å². The first kappa shape index (κ1) is 19.6. The Balaban J connectivity index is 1.46. The van der Waals surface area contributed by atoms with Gasteiger partial charge in [-0.05, 0) is 24.6 Å². The van der Waals surface area contributed by atoms with Crippen molar-refractivity contribution in [3.8, 4) is 11.4 Å². The lowest BCUT2D eigenvalue weighted by Gasteiger charge is -2.09. The monoisotopic (exact) mass is 400 g/mol. The molecule has 1 heterocycles. The lowest BCUT2D eigenvalue weighted by atomic mass is 10.2. The van der Waals surface area contributed by atoms with Crippen molar-refractivity contribution < 1.29 is 14.0 Å². The predicted molar refractivity (Wildman–Crippen MR) is 105 cm³/mol. The van der Waals surface area contributed by atoms with E-state index in [4.69, 9.17) is 11.6 Å². The summed E-state index contributed by atoms with van der Waals surface area (Å²) in [6.45, 7) is 0.961. The van der Waals surface area contributed by atoms with E-state index in [0.717, 1.165) is 17.5 Å². The average Bonchev–Trinajstić information content (AvgIpc) is 3.17. The number of carbonyl (C=O) groups excluding carboxylic acids is 2.